The Balaban J connectivity index is 0.00000205. The topological polar surface area (TPSA) is 57.2 Å². The molecule has 1 saturated carbocycles. The minimum Gasteiger partial charge on any atom is -0.358 e. The van der Waals surface area contributed by atoms with Gasteiger partial charge in [-0.05, 0) is 54.3 Å². The van der Waals surface area contributed by atoms with Gasteiger partial charge in [0.2, 0.25) is 5.91 Å². The Bertz CT molecular complexity index is 1130. The predicted octanol–water partition coefficient (Wildman–Crippen LogP) is 5.64. The zero-order valence-electron chi connectivity index (χ0n) is 16.6. The van der Waals surface area contributed by atoms with Crippen molar-refractivity contribution >= 4 is 34.4 Å². The summed E-state index contributed by atoms with van der Waals surface area (Å²) in [5.41, 5.74) is 6.15. The number of aromatic amines is 1. The van der Waals surface area contributed by atoms with Gasteiger partial charge in [0.05, 0.1) is 11.1 Å². The molecule has 144 valence electrons. The van der Waals surface area contributed by atoms with Crippen molar-refractivity contribution in [2.45, 2.75) is 50.9 Å². The van der Waals surface area contributed by atoms with Crippen LogP contribution in [0.15, 0.2) is 47.5 Å². The summed E-state index contributed by atoms with van der Waals surface area (Å²) < 4.78 is 0. The highest BCUT2D eigenvalue weighted by atomic mass is 16.2. The number of fused-ring (bicyclic) bond motifs is 2. The van der Waals surface area contributed by atoms with Crippen molar-refractivity contribution in [3.05, 3.63) is 59.3 Å². The van der Waals surface area contributed by atoms with E-state index in [1.54, 1.807) is 0 Å². The first-order chi connectivity index (χ1) is 13.3. The van der Waals surface area contributed by atoms with Crippen LogP contribution in [0.5, 0.6) is 0 Å². The van der Waals surface area contributed by atoms with Crippen molar-refractivity contribution in [2.75, 3.05) is 5.32 Å². The van der Waals surface area contributed by atoms with Gasteiger partial charge in [0.1, 0.15) is 0 Å². The van der Waals surface area contributed by atoms with Crippen LogP contribution in [0.4, 0.5) is 11.4 Å². The number of aromatic nitrogens is 1. The summed E-state index contributed by atoms with van der Waals surface area (Å²) in [6, 6.07) is 14.6. The van der Waals surface area contributed by atoms with Gasteiger partial charge in [-0.25, -0.2) is 0 Å². The highest BCUT2D eigenvalue weighted by molar-refractivity contribution is 6.02. The Hall–Kier alpha value is -2.88. The number of H-pyrrole nitrogens is 1. The van der Waals surface area contributed by atoms with E-state index in [0.717, 1.165) is 47.1 Å². The van der Waals surface area contributed by atoms with E-state index in [-0.39, 0.29) is 12.7 Å². The SMILES string of the molecule is CC(C)(C)c1cc2cc(NC(=O)C3(c4ccc5c(c4)N=CC5)CC3)ccc2[nH]1.[HH]. The third-order valence-corrected chi connectivity index (χ3v) is 6.05. The Morgan fingerprint density at radius 1 is 1.14 bits per heavy atom. The van der Waals surface area contributed by atoms with E-state index in [1.807, 2.05) is 18.3 Å². The van der Waals surface area contributed by atoms with Gasteiger partial charge < -0.3 is 10.3 Å². The zero-order chi connectivity index (χ0) is 19.5. The van der Waals surface area contributed by atoms with Crippen molar-refractivity contribution in [3.63, 3.8) is 0 Å². The van der Waals surface area contributed by atoms with Crippen molar-refractivity contribution in [3.8, 4) is 0 Å². The molecule has 2 N–H and O–H groups in total. The molecule has 4 heteroatoms. The summed E-state index contributed by atoms with van der Waals surface area (Å²) in [5.74, 6) is 0.0837. The van der Waals surface area contributed by atoms with E-state index in [4.69, 9.17) is 0 Å². The molecule has 1 aliphatic heterocycles. The monoisotopic (exact) mass is 373 g/mol. The molecule has 28 heavy (non-hydrogen) atoms. The predicted molar refractivity (Wildman–Crippen MR) is 117 cm³/mol. The van der Waals surface area contributed by atoms with Crippen LogP contribution in [0.3, 0.4) is 0 Å². The highest BCUT2D eigenvalue weighted by Gasteiger charge is 2.51. The van der Waals surface area contributed by atoms with E-state index in [1.165, 1.54) is 11.3 Å². The van der Waals surface area contributed by atoms with Gasteiger partial charge in [-0.1, -0.05) is 32.9 Å². The molecule has 1 amide bonds. The molecule has 0 atom stereocenters. The molecule has 0 bridgehead atoms. The van der Waals surface area contributed by atoms with Crippen LogP contribution < -0.4 is 5.32 Å². The van der Waals surface area contributed by atoms with Crippen LogP contribution in [-0.2, 0) is 22.0 Å². The third-order valence-electron chi connectivity index (χ3n) is 6.05. The number of benzene rings is 2. The summed E-state index contributed by atoms with van der Waals surface area (Å²) in [6.45, 7) is 6.58. The molecule has 0 saturated heterocycles. The maximum Gasteiger partial charge on any atom is 0.235 e. The Morgan fingerprint density at radius 3 is 2.71 bits per heavy atom. The minimum atomic E-state index is -0.406. The molecule has 0 unspecified atom stereocenters. The Labute approximate surface area is 166 Å². The van der Waals surface area contributed by atoms with E-state index in [2.05, 4.69) is 66.4 Å². The molecule has 0 radical (unpaired) electrons. The number of nitrogens with zero attached hydrogens (tertiary/aromatic N) is 1. The zero-order valence-corrected chi connectivity index (χ0v) is 16.6. The van der Waals surface area contributed by atoms with Gasteiger partial charge in [0.25, 0.3) is 0 Å². The lowest BCUT2D eigenvalue weighted by molar-refractivity contribution is -0.118. The Morgan fingerprint density at radius 2 is 1.96 bits per heavy atom. The normalized spacial score (nSPS) is 17.0. The number of nitrogens with one attached hydrogen (secondary N) is 2. The van der Waals surface area contributed by atoms with Crippen LogP contribution >= 0.6 is 0 Å². The van der Waals surface area contributed by atoms with E-state index < -0.39 is 5.41 Å². The minimum absolute atomic E-state index is 0. The maximum absolute atomic E-state index is 13.1. The molecular formula is C24H27N3O. The average Bonchev–Trinajstić information content (AvgIpc) is 3.13. The van der Waals surface area contributed by atoms with Crippen molar-refractivity contribution < 1.29 is 6.22 Å². The van der Waals surface area contributed by atoms with Gasteiger partial charge in [0, 0.05) is 41.8 Å². The summed E-state index contributed by atoms with van der Waals surface area (Å²) in [7, 11) is 0. The van der Waals surface area contributed by atoms with Gasteiger partial charge in [-0.15, -0.1) is 0 Å². The van der Waals surface area contributed by atoms with E-state index >= 15 is 0 Å². The maximum atomic E-state index is 13.1. The first-order valence-corrected chi connectivity index (χ1v) is 9.96. The first-order valence-electron chi connectivity index (χ1n) is 9.96. The number of amides is 1. The van der Waals surface area contributed by atoms with E-state index in [9.17, 15) is 4.79 Å². The summed E-state index contributed by atoms with van der Waals surface area (Å²) in [6.07, 6.45) is 4.61. The van der Waals surface area contributed by atoms with E-state index in [0.29, 0.717) is 0 Å². The van der Waals surface area contributed by atoms with Crippen molar-refractivity contribution in [2.24, 2.45) is 4.99 Å². The number of anilines is 1. The van der Waals surface area contributed by atoms with Crippen LogP contribution in [0.1, 0.15) is 51.9 Å². The number of aliphatic imine (C=N–C) groups is 1. The van der Waals surface area contributed by atoms with Crippen LogP contribution in [0, 0.1) is 0 Å². The van der Waals surface area contributed by atoms with Crippen LogP contribution in [-0.4, -0.2) is 17.1 Å². The lowest BCUT2D eigenvalue weighted by Crippen LogP contribution is -2.27. The number of hydrogen-bond acceptors (Lipinski definition) is 2. The molecule has 4 nitrogen and oxygen atoms in total. The summed E-state index contributed by atoms with van der Waals surface area (Å²) >= 11 is 0. The lowest BCUT2D eigenvalue weighted by atomic mass is 9.92. The van der Waals surface area contributed by atoms with Gasteiger partial charge in [-0.2, -0.15) is 0 Å². The molecule has 0 spiro atoms. The standard InChI is InChI=1S/C24H25N3O.H2/c1-23(2,3)21-13-16-12-18(6-7-19(16)27-21)26-22(28)24(9-10-24)17-5-4-15-8-11-25-20(15)14-17;/h4-7,11-14,27H,8-10H2,1-3H3,(H,26,28);1H. The Kier molecular flexibility index (Phi) is 3.57. The lowest BCUT2D eigenvalue weighted by Gasteiger charge is -2.17. The van der Waals surface area contributed by atoms with Gasteiger partial charge >= 0.3 is 0 Å². The number of hydrogen-bond donors (Lipinski definition) is 2. The molecule has 2 heterocycles. The second kappa shape index (κ2) is 5.81. The fourth-order valence-corrected chi connectivity index (χ4v) is 4.03. The molecule has 3 aromatic rings. The fourth-order valence-electron chi connectivity index (χ4n) is 4.03. The van der Waals surface area contributed by atoms with Crippen LogP contribution in [0.2, 0.25) is 0 Å². The first kappa shape index (κ1) is 17.2. The van der Waals surface area contributed by atoms with Crippen molar-refractivity contribution in [1.82, 2.24) is 4.98 Å². The second-order valence-electron chi connectivity index (χ2n) is 9.13. The summed E-state index contributed by atoms with van der Waals surface area (Å²) in [5, 5.41) is 4.28. The molecule has 2 aromatic carbocycles. The molecule has 1 fully saturated rings. The largest absolute Gasteiger partial charge is 0.358 e. The average molecular weight is 374 g/mol. The molecular weight excluding hydrogens is 346 g/mol. The van der Waals surface area contributed by atoms with Crippen LogP contribution in [0.25, 0.3) is 10.9 Å². The smallest absolute Gasteiger partial charge is 0.235 e. The number of carbonyl (C=O) groups excluding carboxylic acids is 1. The molecule has 2 aliphatic rings. The number of rotatable bonds is 3. The van der Waals surface area contributed by atoms with Gasteiger partial charge in [-0.3, -0.25) is 9.79 Å². The second-order valence-corrected chi connectivity index (χ2v) is 9.13. The molecule has 5 rings (SSSR count). The van der Waals surface area contributed by atoms with Gasteiger partial charge in [0.15, 0.2) is 0 Å². The third kappa shape index (κ3) is 2.75. The molecule has 1 aliphatic carbocycles. The fraction of sp³-hybridized carbons (Fsp3) is 0.333. The summed E-state index contributed by atoms with van der Waals surface area (Å²) in [4.78, 5) is 21.1. The molecule has 1 aromatic heterocycles. The highest BCUT2D eigenvalue weighted by Crippen LogP contribution is 2.50. The quantitative estimate of drug-likeness (QED) is 0.613. The van der Waals surface area contributed by atoms with Crippen molar-refractivity contribution in [1.29, 1.82) is 0 Å². The number of carbonyl (C=O) groups is 1.